The van der Waals surface area contributed by atoms with E-state index in [-0.39, 0.29) is 5.41 Å². The molecule has 1 aromatic carbocycles. The molecule has 0 saturated carbocycles. The van der Waals surface area contributed by atoms with Gasteiger partial charge in [-0.15, -0.1) is 0 Å². The normalized spacial score (nSPS) is 11.5. The molecule has 0 nitrogen and oxygen atoms in total. The summed E-state index contributed by atoms with van der Waals surface area (Å²) in [5.74, 6) is 0. The Balaban J connectivity index is 2.99. The van der Waals surface area contributed by atoms with Crippen molar-refractivity contribution >= 4 is 13.3 Å². The first-order valence-corrected chi connectivity index (χ1v) is 3.86. The number of benzene rings is 1. The van der Waals surface area contributed by atoms with Crippen LogP contribution in [-0.4, -0.2) is 7.85 Å². The van der Waals surface area contributed by atoms with Gasteiger partial charge in [0, 0.05) is 0 Å². The van der Waals surface area contributed by atoms with Gasteiger partial charge in [0.15, 0.2) is 0 Å². The van der Waals surface area contributed by atoms with Crippen LogP contribution in [0.4, 0.5) is 0 Å². The molecule has 0 aliphatic heterocycles. The molecule has 1 heteroatoms. The molecule has 1 rings (SSSR count). The zero-order valence-corrected chi connectivity index (χ0v) is 7.39. The van der Waals surface area contributed by atoms with Crippen LogP contribution in [0.15, 0.2) is 24.3 Å². The van der Waals surface area contributed by atoms with E-state index in [1.165, 1.54) is 5.56 Å². The van der Waals surface area contributed by atoms with E-state index in [0.29, 0.717) is 0 Å². The maximum absolute atomic E-state index is 5.57. The molecule has 0 atom stereocenters. The fraction of sp³-hybridized carbons (Fsp3) is 0.400. The molecule has 0 spiro atoms. The van der Waals surface area contributed by atoms with Gasteiger partial charge in [0.1, 0.15) is 7.85 Å². The van der Waals surface area contributed by atoms with Crippen molar-refractivity contribution < 1.29 is 0 Å². The van der Waals surface area contributed by atoms with E-state index < -0.39 is 0 Å². The lowest BCUT2D eigenvalue weighted by Gasteiger charge is -2.18. The Labute approximate surface area is 70.0 Å². The van der Waals surface area contributed by atoms with Gasteiger partial charge in [-0.2, -0.15) is 0 Å². The van der Waals surface area contributed by atoms with Crippen LogP contribution >= 0.6 is 0 Å². The minimum absolute atomic E-state index is 0.230. The van der Waals surface area contributed by atoms with Crippen molar-refractivity contribution in [1.29, 1.82) is 0 Å². The van der Waals surface area contributed by atoms with Gasteiger partial charge in [0.2, 0.25) is 0 Å². The quantitative estimate of drug-likeness (QED) is 0.487. The highest BCUT2D eigenvalue weighted by Gasteiger charge is 2.11. The van der Waals surface area contributed by atoms with Crippen molar-refractivity contribution in [2.45, 2.75) is 26.2 Å². The third-order valence-electron chi connectivity index (χ3n) is 1.78. The second kappa shape index (κ2) is 2.73. The molecule has 0 amide bonds. The summed E-state index contributed by atoms with van der Waals surface area (Å²) in [4.78, 5) is 0. The SMILES string of the molecule is [B]c1ccc(C(C)(C)C)cc1. The lowest BCUT2D eigenvalue weighted by atomic mass is 9.84. The highest BCUT2D eigenvalue weighted by molar-refractivity contribution is 6.32. The fourth-order valence-electron chi connectivity index (χ4n) is 0.983. The predicted molar refractivity (Wildman–Crippen MR) is 50.5 cm³/mol. The van der Waals surface area contributed by atoms with Gasteiger partial charge in [-0.25, -0.2) is 0 Å². The zero-order chi connectivity index (χ0) is 8.48. The molecule has 0 bridgehead atoms. The number of rotatable bonds is 0. The molecule has 0 aliphatic rings. The second-order valence-corrected chi connectivity index (χ2v) is 3.87. The van der Waals surface area contributed by atoms with Crippen molar-refractivity contribution in [2.24, 2.45) is 0 Å². The predicted octanol–water partition coefficient (Wildman–Crippen LogP) is 1.78. The maximum atomic E-state index is 5.57. The van der Waals surface area contributed by atoms with Gasteiger partial charge in [-0.05, 0) is 11.0 Å². The number of hydrogen-bond donors (Lipinski definition) is 0. The molecule has 0 unspecified atom stereocenters. The van der Waals surface area contributed by atoms with Crippen LogP contribution in [0.5, 0.6) is 0 Å². The second-order valence-electron chi connectivity index (χ2n) is 3.87. The topological polar surface area (TPSA) is 0 Å². The Morgan fingerprint density at radius 3 is 1.82 bits per heavy atom. The molecular weight excluding hydrogens is 131 g/mol. The van der Waals surface area contributed by atoms with Crippen molar-refractivity contribution in [2.75, 3.05) is 0 Å². The molecule has 11 heavy (non-hydrogen) atoms. The molecule has 0 heterocycles. The first kappa shape index (κ1) is 8.38. The molecule has 0 N–H and O–H groups in total. The molecule has 0 saturated heterocycles. The van der Waals surface area contributed by atoms with E-state index >= 15 is 0 Å². The Bertz CT molecular complexity index is 228. The van der Waals surface area contributed by atoms with Gasteiger partial charge in [0.25, 0.3) is 0 Å². The highest BCUT2D eigenvalue weighted by Crippen LogP contribution is 2.20. The third kappa shape index (κ3) is 2.11. The van der Waals surface area contributed by atoms with E-state index in [2.05, 4.69) is 32.9 Å². The van der Waals surface area contributed by atoms with Crippen LogP contribution in [-0.2, 0) is 5.41 Å². The van der Waals surface area contributed by atoms with E-state index in [0.717, 1.165) is 5.46 Å². The van der Waals surface area contributed by atoms with Crippen LogP contribution in [0.3, 0.4) is 0 Å². The lowest BCUT2D eigenvalue weighted by Crippen LogP contribution is -2.12. The maximum Gasteiger partial charge on any atom is 0.113 e. The first-order valence-electron chi connectivity index (χ1n) is 3.86. The Kier molecular flexibility index (Phi) is 2.08. The van der Waals surface area contributed by atoms with Gasteiger partial charge < -0.3 is 0 Å². The summed E-state index contributed by atoms with van der Waals surface area (Å²) in [6.07, 6.45) is 0. The monoisotopic (exact) mass is 144 g/mol. The van der Waals surface area contributed by atoms with Gasteiger partial charge in [0.05, 0.1) is 0 Å². The molecule has 0 aromatic heterocycles. The van der Waals surface area contributed by atoms with Gasteiger partial charge in [-0.3, -0.25) is 0 Å². The molecule has 56 valence electrons. The van der Waals surface area contributed by atoms with Crippen LogP contribution < -0.4 is 5.46 Å². The van der Waals surface area contributed by atoms with Crippen LogP contribution in [0.25, 0.3) is 0 Å². The first-order chi connectivity index (χ1) is 5.00. The van der Waals surface area contributed by atoms with Gasteiger partial charge >= 0.3 is 0 Å². The van der Waals surface area contributed by atoms with E-state index in [9.17, 15) is 0 Å². The third-order valence-corrected chi connectivity index (χ3v) is 1.78. The Morgan fingerprint density at radius 1 is 1.00 bits per heavy atom. The van der Waals surface area contributed by atoms with E-state index in [1.807, 2.05) is 12.1 Å². The Hall–Kier alpha value is -0.715. The van der Waals surface area contributed by atoms with Gasteiger partial charge in [-0.1, -0.05) is 50.5 Å². The van der Waals surface area contributed by atoms with E-state index in [4.69, 9.17) is 7.85 Å². The summed E-state index contributed by atoms with van der Waals surface area (Å²) in [7, 11) is 5.57. The summed E-state index contributed by atoms with van der Waals surface area (Å²) >= 11 is 0. The molecule has 0 aliphatic carbocycles. The van der Waals surface area contributed by atoms with E-state index in [1.54, 1.807) is 0 Å². The standard InChI is InChI=1S/C10H13B/c1-10(2,3)8-4-6-9(11)7-5-8/h4-7H,1-3H3. The molecule has 2 radical (unpaired) electrons. The average molecular weight is 144 g/mol. The molecule has 1 aromatic rings. The van der Waals surface area contributed by atoms with Crippen molar-refractivity contribution in [3.05, 3.63) is 29.8 Å². The molecular formula is C10H13B. The number of hydrogen-bond acceptors (Lipinski definition) is 0. The van der Waals surface area contributed by atoms with Crippen LogP contribution in [0.1, 0.15) is 26.3 Å². The summed E-state index contributed by atoms with van der Waals surface area (Å²) in [6, 6.07) is 8.05. The summed E-state index contributed by atoms with van der Waals surface area (Å²) in [5.41, 5.74) is 2.39. The largest absolute Gasteiger partial charge is 0.113 e. The van der Waals surface area contributed by atoms with Crippen molar-refractivity contribution in [3.8, 4) is 0 Å². The summed E-state index contributed by atoms with van der Waals surface area (Å²) in [6.45, 7) is 6.58. The fourth-order valence-corrected chi connectivity index (χ4v) is 0.983. The average Bonchev–Trinajstić information content (AvgIpc) is 1.86. The highest BCUT2D eigenvalue weighted by atomic mass is 14.2. The lowest BCUT2D eigenvalue weighted by molar-refractivity contribution is 0.590. The summed E-state index contributed by atoms with van der Waals surface area (Å²) in [5, 5.41) is 0. The minimum atomic E-state index is 0.230. The molecule has 0 fully saturated rings. The van der Waals surface area contributed by atoms with Crippen LogP contribution in [0, 0.1) is 0 Å². The smallest absolute Gasteiger partial charge is 0.0967 e. The Morgan fingerprint density at radius 2 is 1.45 bits per heavy atom. The summed E-state index contributed by atoms with van der Waals surface area (Å²) < 4.78 is 0. The van der Waals surface area contributed by atoms with Crippen LogP contribution in [0.2, 0.25) is 0 Å². The van der Waals surface area contributed by atoms with Crippen molar-refractivity contribution in [1.82, 2.24) is 0 Å². The minimum Gasteiger partial charge on any atom is -0.0967 e. The van der Waals surface area contributed by atoms with Crippen molar-refractivity contribution in [3.63, 3.8) is 0 Å². The zero-order valence-electron chi connectivity index (χ0n) is 7.39.